The van der Waals surface area contributed by atoms with E-state index in [9.17, 15) is 19.2 Å². The summed E-state index contributed by atoms with van der Waals surface area (Å²) in [6.45, 7) is 15.0. The van der Waals surface area contributed by atoms with E-state index in [-0.39, 0.29) is 29.7 Å². The number of carbonyl (C=O) groups is 4. The van der Waals surface area contributed by atoms with Gasteiger partial charge in [-0.05, 0) is 40.0 Å². The standard InChI is InChI=1S/C25H45N5O5/c1-20(31)26(6)12-16-29(23(33)22-8-9-22)11-7-10-28(21(2)32)17-13-27-14-18-30(19-15-27)24(34)35-25(3,4)5/h22H,7-19H2,1-6H3. The molecule has 1 saturated heterocycles. The summed E-state index contributed by atoms with van der Waals surface area (Å²) in [5, 5.41) is 0. The minimum absolute atomic E-state index is 0.0153. The van der Waals surface area contributed by atoms with Gasteiger partial charge in [-0.3, -0.25) is 19.3 Å². The smallest absolute Gasteiger partial charge is 0.410 e. The molecule has 2 aliphatic rings. The predicted molar refractivity (Wildman–Crippen MR) is 134 cm³/mol. The van der Waals surface area contributed by atoms with Gasteiger partial charge in [0.15, 0.2) is 0 Å². The predicted octanol–water partition coefficient (Wildman–Crippen LogP) is 1.49. The lowest BCUT2D eigenvalue weighted by atomic mass is 10.2. The Kier molecular flexibility index (Phi) is 10.8. The molecule has 0 bridgehead atoms. The van der Waals surface area contributed by atoms with E-state index in [0.717, 1.165) is 32.5 Å². The molecule has 1 heterocycles. The summed E-state index contributed by atoms with van der Waals surface area (Å²) in [6.07, 6.45) is 2.31. The molecular formula is C25H45N5O5. The average molecular weight is 496 g/mol. The van der Waals surface area contributed by atoms with Crippen LogP contribution in [0.2, 0.25) is 0 Å². The van der Waals surface area contributed by atoms with Gasteiger partial charge < -0.3 is 24.3 Å². The Morgan fingerprint density at radius 1 is 0.829 bits per heavy atom. The molecule has 1 aliphatic carbocycles. The summed E-state index contributed by atoms with van der Waals surface area (Å²) in [7, 11) is 1.74. The molecule has 35 heavy (non-hydrogen) atoms. The first kappa shape index (κ1) is 28.9. The van der Waals surface area contributed by atoms with E-state index in [4.69, 9.17) is 4.74 Å². The van der Waals surface area contributed by atoms with Gasteiger partial charge in [0, 0.05) is 92.3 Å². The van der Waals surface area contributed by atoms with Gasteiger partial charge in [0.25, 0.3) is 0 Å². The second kappa shape index (κ2) is 13.1. The van der Waals surface area contributed by atoms with Crippen LogP contribution in [-0.2, 0) is 19.1 Å². The van der Waals surface area contributed by atoms with Crippen LogP contribution >= 0.6 is 0 Å². The number of amides is 4. The van der Waals surface area contributed by atoms with Crippen LogP contribution in [0.15, 0.2) is 0 Å². The monoisotopic (exact) mass is 495 g/mol. The van der Waals surface area contributed by atoms with Crippen LogP contribution in [0, 0.1) is 5.92 Å². The van der Waals surface area contributed by atoms with Crippen molar-refractivity contribution in [1.29, 1.82) is 0 Å². The lowest BCUT2D eigenvalue weighted by Crippen LogP contribution is -2.51. The lowest BCUT2D eigenvalue weighted by molar-refractivity contribution is -0.134. The van der Waals surface area contributed by atoms with Gasteiger partial charge in [-0.2, -0.15) is 0 Å². The van der Waals surface area contributed by atoms with Crippen molar-refractivity contribution < 1.29 is 23.9 Å². The van der Waals surface area contributed by atoms with Crippen LogP contribution in [0.1, 0.15) is 53.9 Å². The van der Waals surface area contributed by atoms with Crippen molar-refractivity contribution in [2.75, 3.05) is 72.5 Å². The number of hydrogen-bond acceptors (Lipinski definition) is 6. The van der Waals surface area contributed by atoms with Gasteiger partial charge in [0.1, 0.15) is 5.60 Å². The third-order valence-corrected chi connectivity index (χ3v) is 6.49. The number of ether oxygens (including phenoxy) is 1. The molecule has 2 fully saturated rings. The molecule has 1 aliphatic heterocycles. The lowest BCUT2D eigenvalue weighted by Gasteiger charge is -2.36. The maximum Gasteiger partial charge on any atom is 0.410 e. The zero-order valence-electron chi connectivity index (χ0n) is 22.5. The number of nitrogens with zero attached hydrogens (tertiary/aromatic N) is 5. The van der Waals surface area contributed by atoms with Crippen LogP contribution in [0.4, 0.5) is 4.79 Å². The van der Waals surface area contributed by atoms with Gasteiger partial charge in [0.05, 0.1) is 0 Å². The minimum Gasteiger partial charge on any atom is -0.444 e. The third-order valence-electron chi connectivity index (χ3n) is 6.49. The zero-order chi connectivity index (χ0) is 26.2. The molecule has 0 aromatic rings. The molecule has 10 nitrogen and oxygen atoms in total. The fraction of sp³-hybridized carbons (Fsp3) is 0.840. The number of rotatable bonds is 11. The van der Waals surface area contributed by atoms with Crippen molar-refractivity contribution >= 4 is 23.8 Å². The summed E-state index contributed by atoms with van der Waals surface area (Å²) in [4.78, 5) is 58.0. The van der Waals surface area contributed by atoms with Crippen molar-refractivity contribution in [3.8, 4) is 0 Å². The van der Waals surface area contributed by atoms with Crippen LogP contribution in [0.3, 0.4) is 0 Å². The van der Waals surface area contributed by atoms with E-state index in [1.54, 1.807) is 23.8 Å². The number of hydrogen-bond donors (Lipinski definition) is 0. The van der Waals surface area contributed by atoms with E-state index in [1.807, 2.05) is 30.6 Å². The van der Waals surface area contributed by atoms with Crippen molar-refractivity contribution in [2.45, 2.75) is 59.5 Å². The molecule has 0 aromatic heterocycles. The van der Waals surface area contributed by atoms with Gasteiger partial charge in [-0.25, -0.2) is 4.79 Å². The summed E-state index contributed by atoms with van der Waals surface area (Å²) >= 11 is 0. The molecule has 0 unspecified atom stereocenters. The molecule has 1 saturated carbocycles. The van der Waals surface area contributed by atoms with Gasteiger partial charge in [-0.15, -0.1) is 0 Å². The van der Waals surface area contributed by atoms with Crippen LogP contribution in [-0.4, -0.2) is 126 Å². The molecular weight excluding hydrogens is 450 g/mol. The summed E-state index contributed by atoms with van der Waals surface area (Å²) < 4.78 is 5.45. The Hall–Kier alpha value is -2.36. The number of piperazine rings is 1. The molecule has 0 spiro atoms. The fourth-order valence-electron chi connectivity index (χ4n) is 3.97. The van der Waals surface area contributed by atoms with E-state index >= 15 is 0 Å². The molecule has 0 atom stereocenters. The quantitative estimate of drug-likeness (QED) is 0.431. The Morgan fingerprint density at radius 3 is 1.94 bits per heavy atom. The highest BCUT2D eigenvalue weighted by Crippen LogP contribution is 2.31. The molecule has 10 heteroatoms. The molecule has 0 radical (unpaired) electrons. The van der Waals surface area contributed by atoms with Crippen molar-refractivity contribution in [2.24, 2.45) is 5.92 Å². The number of carbonyl (C=O) groups excluding carboxylic acids is 4. The summed E-state index contributed by atoms with van der Waals surface area (Å²) in [5.74, 6) is 0.298. The largest absolute Gasteiger partial charge is 0.444 e. The minimum atomic E-state index is -0.502. The average Bonchev–Trinajstić information content (AvgIpc) is 3.61. The van der Waals surface area contributed by atoms with E-state index in [2.05, 4.69) is 4.90 Å². The van der Waals surface area contributed by atoms with Gasteiger partial charge in [0.2, 0.25) is 17.7 Å². The first-order valence-electron chi connectivity index (χ1n) is 12.8. The Labute approximate surface area is 210 Å². The highest BCUT2D eigenvalue weighted by atomic mass is 16.6. The SMILES string of the molecule is CC(=O)N(C)CCN(CCCN(CCN1CCN(C(=O)OC(C)(C)C)CC1)C(C)=O)C(=O)C1CC1. The Balaban J connectivity index is 1.75. The fourth-order valence-corrected chi connectivity index (χ4v) is 3.97. The Bertz CT molecular complexity index is 741. The Morgan fingerprint density at radius 2 is 1.43 bits per heavy atom. The topological polar surface area (TPSA) is 93.7 Å². The van der Waals surface area contributed by atoms with Crippen molar-refractivity contribution in [1.82, 2.24) is 24.5 Å². The van der Waals surface area contributed by atoms with E-state index in [1.165, 1.54) is 6.92 Å². The second-order valence-electron chi connectivity index (χ2n) is 10.7. The van der Waals surface area contributed by atoms with Crippen molar-refractivity contribution in [3.63, 3.8) is 0 Å². The molecule has 200 valence electrons. The maximum absolute atomic E-state index is 12.7. The highest BCUT2D eigenvalue weighted by Gasteiger charge is 2.33. The van der Waals surface area contributed by atoms with Crippen LogP contribution < -0.4 is 0 Å². The van der Waals surface area contributed by atoms with E-state index in [0.29, 0.717) is 52.2 Å². The maximum atomic E-state index is 12.7. The molecule has 0 N–H and O–H groups in total. The van der Waals surface area contributed by atoms with Gasteiger partial charge in [-0.1, -0.05) is 0 Å². The first-order valence-corrected chi connectivity index (χ1v) is 12.8. The number of likely N-dealkylation sites (N-methyl/N-ethyl adjacent to an activating group) is 1. The van der Waals surface area contributed by atoms with Crippen LogP contribution in [0.25, 0.3) is 0 Å². The second-order valence-corrected chi connectivity index (χ2v) is 10.7. The highest BCUT2D eigenvalue weighted by molar-refractivity contribution is 5.81. The molecule has 4 amide bonds. The summed E-state index contributed by atoms with van der Waals surface area (Å²) in [5.41, 5.74) is -0.502. The van der Waals surface area contributed by atoms with Crippen molar-refractivity contribution in [3.05, 3.63) is 0 Å². The van der Waals surface area contributed by atoms with E-state index < -0.39 is 5.60 Å². The normalized spacial score (nSPS) is 16.6. The molecule has 2 rings (SSSR count). The molecule has 0 aromatic carbocycles. The van der Waals surface area contributed by atoms with Gasteiger partial charge >= 0.3 is 6.09 Å². The van der Waals surface area contributed by atoms with Crippen LogP contribution in [0.5, 0.6) is 0 Å². The summed E-state index contributed by atoms with van der Waals surface area (Å²) in [6, 6.07) is 0. The first-order chi connectivity index (χ1) is 16.4. The zero-order valence-corrected chi connectivity index (χ0v) is 22.5. The third kappa shape index (κ3) is 10.4.